The average Bonchev–Trinajstić information content (AvgIpc) is 2.40. The Hall–Kier alpha value is -1.10. The third-order valence-corrected chi connectivity index (χ3v) is 3.26. The summed E-state index contributed by atoms with van der Waals surface area (Å²) in [7, 11) is 1.37. The monoisotopic (exact) mass is 286 g/mol. The van der Waals surface area contributed by atoms with Gasteiger partial charge in [-0.2, -0.15) is 0 Å². The molecule has 0 aliphatic carbocycles. The van der Waals surface area contributed by atoms with E-state index in [0.29, 0.717) is 37.9 Å². The first-order valence-corrected chi connectivity index (χ1v) is 7.45. The van der Waals surface area contributed by atoms with Crippen LogP contribution < -0.4 is 5.73 Å². The lowest BCUT2D eigenvalue weighted by atomic mass is 10.0. The molecule has 0 saturated heterocycles. The molecule has 1 atom stereocenters. The van der Waals surface area contributed by atoms with Gasteiger partial charge in [0.2, 0.25) is 5.91 Å². The van der Waals surface area contributed by atoms with Crippen LogP contribution >= 0.6 is 0 Å². The van der Waals surface area contributed by atoms with Gasteiger partial charge in [-0.1, -0.05) is 20.8 Å². The maximum atomic E-state index is 12.2. The van der Waals surface area contributed by atoms with E-state index in [0.717, 1.165) is 12.8 Å². The lowest BCUT2D eigenvalue weighted by Crippen LogP contribution is -2.36. The predicted molar refractivity (Wildman–Crippen MR) is 80.1 cm³/mol. The summed E-state index contributed by atoms with van der Waals surface area (Å²) in [6, 6.07) is 0. The summed E-state index contributed by atoms with van der Waals surface area (Å²) in [5.41, 5.74) is 5.51. The van der Waals surface area contributed by atoms with Crippen LogP contribution in [0.2, 0.25) is 0 Å². The number of ether oxygens (including phenoxy) is 1. The summed E-state index contributed by atoms with van der Waals surface area (Å²) in [6.07, 6.45) is 2.57. The van der Waals surface area contributed by atoms with E-state index < -0.39 is 0 Å². The van der Waals surface area contributed by atoms with Crippen LogP contribution in [0.25, 0.3) is 0 Å². The second kappa shape index (κ2) is 10.7. The van der Waals surface area contributed by atoms with Crippen molar-refractivity contribution in [2.75, 3.05) is 26.7 Å². The highest BCUT2D eigenvalue weighted by Crippen LogP contribution is 2.12. The van der Waals surface area contributed by atoms with Crippen molar-refractivity contribution < 1.29 is 14.3 Å². The van der Waals surface area contributed by atoms with Crippen LogP contribution in [0.1, 0.15) is 46.5 Å². The van der Waals surface area contributed by atoms with Crippen LogP contribution in [0.4, 0.5) is 0 Å². The number of nitrogens with two attached hydrogens (primary N) is 1. The minimum Gasteiger partial charge on any atom is -0.469 e. The second-order valence-electron chi connectivity index (χ2n) is 5.78. The second-order valence-corrected chi connectivity index (χ2v) is 5.78. The molecule has 0 heterocycles. The van der Waals surface area contributed by atoms with Gasteiger partial charge in [-0.05, 0) is 31.2 Å². The van der Waals surface area contributed by atoms with Gasteiger partial charge in [0.15, 0.2) is 0 Å². The molecule has 0 rings (SSSR count). The first kappa shape index (κ1) is 18.9. The Morgan fingerprint density at radius 1 is 1.15 bits per heavy atom. The van der Waals surface area contributed by atoms with Crippen LogP contribution in [0.15, 0.2) is 0 Å². The number of nitrogens with zero attached hydrogens (tertiary/aromatic N) is 1. The third kappa shape index (κ3) is 8.91. The van der Waals surface area contributed by atoms with E-state index >= 15 is 0 Å². The van der Waals surface area contributed by atoms with Gasteiger partial charge in [0.1, 0.15) is 0 Å². The number of hydrogen-bond acceptors (Lipinski definition) is 4. The first-order chi connectivity index (χ1) is 9.40. The molecule has 0 fully saturated rings. The third-order valence-electron chi connectivity index (χ3n) is 3.26. The molecule has 0 aliphatic rings. The molecular weight excluding hydrogens is 256 g/mol. The largest absolute Gasteiger partial charge is 0.469 e. The number of methoxy groups -OCH3 is 1. The van der Waals surface area contributed by atoms with Crippen molar-refractivity contribution in [2.24, 2.45) is 17.6 Å². The fraction of sp³-hybridized carbons (Fsp3) is 0.867. The average molecular weight is 286 g/mol. The Balaban J connectivity index is 4.29. The van der Waals surface area contributed by atoms with E-state index in [9.17, 15) is 9.59 Å². The van der Waals surface area contributed by atoms with Gasteiger partial charge in [0.05, 0.1) is 13.5 Å². The predicted octanol–water partition coefficient (Wildman–Crippen LogP) is 1.80. The van der Waals surface area contributed by atoms with Gasteiger partial charge in [0.25, 0.3) is 0 Å². The Bertz CT molecular complexity index is 293. The SMILES string of the molecule is COC(=O)CCN(CC(C)C)C(=O)CCC(C)CCN. The molecule has 5 heteroatoms. The molecule has 0 spiro atoms. The highest BCUT2D eigenvalue weighted by atomic mass is 16.5. The normalized spacial score (nSPS) is 12.3. The van der Waals surface area contributed by atoms with E-state index in [-0.39, 0.29) is 18.3 Å². The summed E-state index contributed by atoms with van der Waals surface area (Å²) < 4.78 is 4.62. The van der Waals surface area contributed by atoms with Crippen LogP contribution in [0.5, 0.6) is 0 Å². The zero-order valence-electron chi connectivity index (χ0n) is 13.4. The molecule has 20 heavy (non-hydrogen) atoms. The zero-order chi connectivity index (χ0) is 15.5. The fourth-order valence-corrected chi connectivity index (χ4v) is 2.04. The van der Waals surface area contributed by atoms with Gasteiger partial charge in [0, 0.05) is 19.5 Å². The Morgan fingerprint density at radius 3 is 2.30 bits per heavy atom. The number of carbonyl (C=O) groups excluding carboxylic acids is 2. The Morgan fingerprint density at radius 2 is 1.80 bits per heavy atom. The van der Waals surface area contributed by atoms with Crippen LogP contribution in [-0.4, -0.2) is 43.5 Å². The molecule has 0 aromatic rings. The first-order valence-electron chi connectivity index (χ1n) is 7.45. The van der Waals surface area contributed by atoms with E-state index in [1.165, 1.54) is 7.11 Å². The van der Waals surface area contributed by atoms with E-state index in [4.69, 9.17) is 5.73 Å². The molecule has 1 amide bonds. The number of carbonyl (C=O) groups is 2. The number of esters is 1. The Kier molecular flexibility index (Phi) is 10.1. The number of amides is 1. The van der Waals surface area contributed by atoms with Gasteiger partial charge in [-0.25, -0.2) is 0 Å². The minimum atomic E-state index is -0.275. The fourth-order valence-electron chi connectivity index (χ4n) is 2.04. The lowest BCUT2D eigenvalue weighted by Gasteiger charge is -2.25. The van der Waals surface area contributed by atoms with Crippen molar-refractivity contribution in [1.82, 2.24) is 4.90 Å². The molecule has 118 valence electrons. The molecule has 0 radical (unpaired) electrons. The van der Waals surface area contributed by atoms with Crippen molar-refractivity contribution in [3.8, 4) is 0 Å². The van der Waals surface area contributed by atoms with E-state index in [1.807, 2.05) is 0 Å². The maximum absolute atomic E-state index is 12.2. The highest BCUT2D eigenvalue weighted by Gasteiger charge is 2.17. The van der Waals surface area contributed by atoms with Crippen LogP contribution in [0, 0.1) is 11.8 Å². The topological polar surface area (TPSA) is 72.6 Å². The van der Waals surface area contributed by atoms with Crippen molar-refractivity contribution in [3.63, 3.8) is 0 Å². The molecule has 0 aromatic carbocycles. The van der Waals surface area contributed by atoms with Crippen molar-refractivity contribution >= 4 is 11.9 Å². The lowest BCUT2D eigenvalue weighted by molar-refractivity contribution is -0.142. The van der Waals surface area contributed by atoms with Gasteiger partial charge in [-0.15, -0.1) is 0 Å². The van der Waals surface area contributed by atoms with Crippen molar-refractivity contribution in [1.29, 1.82) is 0 Å². The smallest absolute Gasteiger partial charge is 0.307 e. The Labute approximate surface area is 122 Å². The molecule has 0 saturated carbocycles. The molecule has 1 unspecified atom stereocenters. The van der Waals surface area contributed by atoms with Crippen molar-refractivity contribution in [3.05, 3.63) is 0 Å². The van der Waals surface area contributed by atoms with Crippen LogP contribution in [-0.2, 0) is 14.3 Å². The molecule has 2 N–H and O–H groups in total. The minimum absolute atomic E-state index is 0.117. The summed E-state index contributed by atoms with van der Waals surface area (Å²) in [5.74, 6) is 0.693. The maximum Gasteiger partial charge on any atom is 0.307 e. The summed E-state index contributed by atoms with van der Waals surface area (Å²) in [5, 5.41) is 0. The number of rotatable bonds is 10. The highest BCUT2D eigenvalue weighted by molar-refractivity contribution is 5.77. The van der Waals surface area contributed by atoms with Gasteiger partial charge >= 0.3 is 5.97 Å². The zero-order valence-corrected chi connectivity index (χ0v) is 13.4. The summed E-state index contributed by atoms with van der Waals surface area (Å²) in [6.45, 7) is 8.02. The quantitative estimate of drug-likeness (QED) is 0.622. The standard InChI is InChI=1S/C15H30N2O3/c1-12(2)11-17(10-8-15(19)20-4)14(18)6-5-13(3)7-9-16/h12-13H,5-11,16H2,1-4H3. The van der Waals surface area contributed by atoms with E-state index in [2.05, 4.69) is 25.5 Å². The van der Waals surface area contributed by atoms with E-state index in [1.54, 1.807) is 4.90 Å². The molecule has 0 bridgehead atoms. The van der Waals surface area contributed by atoms with Gasteiger partial charge in [-0.3, -0.25) is 9.59 Å². The molecule has 0 aromatic heterocycles. The van der Waals surface area contributed by atoms with Gasteiger partial charge < -0.3 is 15.4 Å². The van der Waals surface area contributed by atoms with Crippen molar-refractivity contribution in [2.45, 2.75) is 46.5 Å². The molecular formula is C15H30N2O3. The number of hydrogen-bond donors (Lipinski definition) is 1. The summed E-state index contributed by atoms with van der Waals surface area (Å²) in [4.78, 5) is 25.2. The molecule has 0 aliphatic heterocycles. The molecule has 5 nitrogen and oxygen atoms in total. The van der Waals surface area contributed by atoms with Crippen LogP contribution in [0.3, 0.4) is 0 Å². The summed E-state index contributed by atoms with van der Waals surface area (Å²) >= 11 is 0.